The van der Waals surface area contributed by atoms with Gasteiger partial charge in [-0.3, -0.25) is 9.69 Å². The lowest BCUT2D eigenvalue weighted by Gasteiger charge is -2.36. The number of nitrogens with zero attached hydrogens (tertiary/aromatic N) is 2. The number of anilines is 2. The van der Waals surface area contributed by atoms with Gasteiger partial charge < -0.3 is 10.2 Å². The number of hydrogen-bond donors (Lipinski definition) is 1. The van der Waals surface area contributed by atoms with Crippen molar-refractivity contribution >= 4 is 17.3 Å². The summed E-state index contributed by atoms with van der Waals surface area (Å²) in [5, 5.41) is 2.98. The zero-order valence-corrected chi connectivity index (χ0v) is 15.5. The predicted molar refractivity (Wildman–Crippen MR) is 104 cm³/mol. The monoisotopic (exact) mass is 355 g/mol. The fourth-order valence-electron chi connectivity index (χ4n) is 3.18. The predicted octanol–water partition coefficient (Wildman–Crippen LogP) is 3.59. The molecule has 4 nitrogen and oxygen atoms in total. The highest BCUT2D eigenvalue weighted by molar-refractivity contribution is 5.90. The van der Waals surface area contributed by atoms with Crippen LogP contribution in [-0.4, -0.2) is 43.5 Å². The van der Waals surface area contributed by atoms with Crippen molar-refractivity contribution in [3.63, 3.8) is 0 Å². The summed E-state index contributed by atoms with van der Waals surface area (Å²) in [4.78, 5) is 16.7. The lowest BCUT2D eigenvalue weighted by atomic mass is 10.1. The van der Waals surface area contributed by atoms with Crippen LogP contribution in [0, 0.1) is 19.7 Å². The molecule has 0 radical (unpaired) electrons. The summed E-state index contributed by atoms with van der Waals surface area (Å²) in [5.41, 5.74) is 4.32. The number of nitrogens with one attached hydrogen (secondary N) is 1. The molecule has 0 bridgehead atoms. The molecule has 1 amide bonds. The molecule has 3 rings (SSSR count). The van der Waals surface area contributed by atoms with Gasteiger partial charge in [-0.15, -0.1) is 0 Å². The minimum atomic E-state index is -0.206. The van der Waals surface area contributed by atoms with E-state index in [1.54, 1.807) is 0 Å². The Morgan fingerprint density at radius 1 is 1.00 bits per heavy atom. The number of rotatable bonds is 5. The molecule has 0 unspecified atom stereocenters. The van der Waals surface area contributed by atoms with Gasteiger partial charge in [0.1, 0.15) is 5.82 Å². The molecule has 5 heteroatoms. The molecule has 2 aromatic rings. The lowest BCUT2D eigenvalue weighted by molar-refractivity contribution is -0.116. The Kier molecular flexibility index (Phi) is 5.89. The van der Waals surface area contributed by atoms with E-state index in [4.69, 9.17) is 0 Å². The average Bonchev–Trinajstić information content (AvgIpc) is 2.64. The van der Waals surface area contributed by atoms with E-state index in [0.29, 0.717) is 6.42 Å². The van der Waals surface area contributed by atoms with Crippen molar-refractivity contribution in [3.8, 4) is 0 Å². The number of carbonyl (C=O) groups excluding carboxylic acids is 1. The quantitative estimate of drug-likeness (QED) is 0.890. The minimum absolute atomic E-state index is 0.0502. The van der Waals surface area contributed by atoms with Crippen molar-refractivity contribution in [2.24, 2.45) is 0 Å². The summed E-state index contributed by atoms with van der Waals surface area (Å²) in [6, 6.07) is 12.6. The van der Waals surface area contributed by atoms with Crippen LogP contribution in [0.3, 0.4) is 0 Å². The van der Waals surface area contributed by atoms with Gasteiger partial charge in [0.25, 0.3) is 0 Å². The second-order valence-electron chi connectivity index (χ2n) is 6.90. The second-order valence-corrected chi connectivity index (χ2v) is 6.90. The standard InChI is InChI=1S/C21H26FN3O/c1-16-3-6-19(15-17(16)2)23-21(26)9-10-24-11-13-25(14-12-24)20-7-4-18(22)5-8-20/h3-8,15H,9-14H2,1-2H3,(H,23,26). The fourth-order valence-corrected chi connectivity index (χ4v) is 3.18. The maximum atomic E-state index is 13.0. The molecule has 2 aromatic carbocycles. The number of piperazine rings is 1. The molecule has 0 aliphatic carbocycles. The molecule has 1 N–H and O–H groups in total. The summed E-state index contributed by atoms with van der Waals surface area (Å²) < 4.78 is 13.0. The third kappa shape index (κ3) is 4.82. The van der Waals surface area contributed by atoms with Crippen molar-refractivity contribution in [2.75, 3.05) is 42.9 Å². The molecule has 1 aliphatic heterocycles. The maximum Gasteiger partial charge on any atom is 0.225 e. The van der Waals surface area contributed by atoms with Crippen LogP contribution < -0.4 is 10.2 Å². The number of aryl methyl sites for hydroxylation is 2. The highest BCUT2D eigenvalue weighted by Crippen LogP contribution is 2.17. The Hall–Kier alpha value is -2.40. The van der Waals surface area contributed by atoms with Gasteiger partial charge >= 0.3 is 0 Å². The molecule has 1 aliphatic rings. The van der Waals surface area contributed by atoms with Crippen molar-refractivity contribution in [3.05, 3.63) is 59.4 Å². The van der Waals surface area contributed by atoms with E-state index in [0.717, 1.165) is 44.1 Å². The number of carbonyl (C=O) groups is 1. The van der Waals surface area contributed by atoms with Gasteiger partial charge in [0, 0.05) is 50.5 Å². The first kappa shape index (κ1) is 18.4. The highest BCUT2D eigenvalue weighted by Gasteiger charge is 2.18. The van der Waals surface area contributed by atoms with Crippen LogP contribution in [-0.2, 0) is 4.79 Å². The van der Waals surface area contributed by atoms with E-state index < -0.39 is 0 Å². The van der Waals surface area contributed by atoms with Crippen molar-refractivity contribution < 1.29 is 9.18 Å². The topological polar surface area (TPSA) is 35.6 Å². The molecular weight excluding hydrogens is 329 g/mol. The van der Waals surface area contributed by atoms with Crippen molar-refractivity contribution in [1.29, 1.82) is 0 Å². The van der Waals surface area contributed by atoms with Crippen LogP contribution in [0.1, 0.15) is 17.5 Å². The van der Waals surface area contributed by atoms with Gasteiger partial charge in [0.15, 0.2) is 0 Å². The fraction of sp³-hybridized carbons (Fsp3) is 0.381. The average molecular weight is 355 g/mol. The minimum Gasteiger partial charge on any atom is -0.369 e. The van der Waals surface area contributed by atoms with Crippen LogP contribution in [0.2, 0.25) is 0 Å². The van der Waals surface area contributed by atoms with Crippen LogP contribution in [0.15, 0.2) is 42.5 Å². The van der Waals surface area contributed by atoms with Crippen LogP contribution in [0.4, 0.5) is 15.8 Å². The highest BCUT2D eigenvalue weighted by atomic mass is 19.1. The summed E-state index contributed by atoms with van der Waals surface area (Å²) >= 11 is 0. The van der Waals surface area contributed by atoms with Crippen LogP contribution >= 0.6 is 0 Å². The Morgan fingerprint density at radius 2 is 1.69 bits per heavy atom. The number of benzene rings is 2. The summed E-state index contributed by atoms with van der Waals surface area (Å²) in [5.74, 6) is -0.156. The first-order chi connectivity index (χ1) is 12.5. The Balaban J connectivity index is 1.42. The largest absolute Gasteiger partial charge is 0.369 e. The summed E-state index contributed by atoms with van der Waals surface area (Å²) in [7, 11) is 0. The Morgan fingerprint density at radius 3 is 2.35 bits per heavy atom. The maximum absolute atomic E-state index is 13.0. The zero-order chi connectivity index (χ0) is 18.5. The summed E-state index contributed by atoms with van der Waals surface area (Å²) in [6.07, 6.45) is 0.490. The summed E-state index contributed by atoms with van der Waals surface area (Å²) in [6.45, 7) is 8.48. The van der Waals surface area contributed by atoms with E-state index in [-0.39, 0.29) is 11.7 Å². The van der Waals surface area contributed by atoms with Gasteiger partial charge in [0.05, 0.1) is 0 Å². The van der Waals surface area contributed by atoms with Gasteiger partial charge in [-0.1, -0.05) is 6.07 Å². The van der Waals surface area contributed by atoms with Crippen LogP contribution in [0.5, 0.6) is 0 Å². The van der Waals surface area contributed by atoms with Crippen molar-refractivity contribution in [1.82, 2.24) is 4.90 Å². The van der Waals surface area contributed by atoms with Gasteiger partial charge in [-0.2, -0.15) is 0 Å². The van der Waals surface area contributed by atoms with Gasteiger partial charge in [0.2, 0.25) is 5.91 Å². The third-order valence-electron chi connectivity index (χ3n) is 5.01. The van der Waals surface area contributed by atoms with Gasteiger partial charge in [-0.25, -0.2) is 4.39 Å². The molecule has 0 saturated carbocycles. The molecule has 0 atom stereocenters. The number of halogens is 1. The smallest absolute Gasteiger partial charge is 0.225 e. The molecule has 1 fully saturated rings. The normalized spacial score (nSPS) is 15.1. The third-order valence-corrected chi connectivity index (χ3v) is 5.01. The van der Waals surface area contributed by atoms with Crippen LogP contribution in [0.25, 0.3) is 0 Å². The van der Waals surface area contributed by atoms with E-state index in [9.17, 15) is 9.18 Å². The molecule has 1 saturated heterocycles. The SMILES string of the molecule is Cc1ccc(NC(=O)CCN2CCN(c3ccc(F)cc3)CC2)cc1C. The molecule has 0 spiro atoms. The molecule has 138 valence electrons. The second kappa shape index (κ2) is 8.32. The zero-order valence-electron chi connectivity index (χ0n) is 15.5. The van der Waals surface area contributed by atoms with E-state index in [2.05, 4.69) is 22.0 Å². The molecule has 26 heavy (non-hydrogen) atoms. The first-order valence-corrected chi connectivity index (χ1v) is 9.11. The van der Waals surface area contributed by atoms with E-state index in [1.807, 2.05) is 37.3 Å². The molecule has 0 aromatic heterocycles. The Bertz CT molecular complexity index is 752. The van der Waals surface area contributed by atoms with E-state index >= 15 is 0 Å². The first-order valence-electron chi connectivity index (χ1n) is 9.11. The van der Waals surface area contributed by atoms with E-state index in [1.165, 1.54) is 23.3 Å². The lowest BCUT2D eigenvalue weighted by Crippen LogP contribution is -2.47. The number of amides is 1. The molecule has 1 heterocycles. The number of hydrogen-bond acceptors (Lipinski definition) is 3. The molecular formula is C21H26FN3O. The van der Waals surface area contributed by atoms with Crippen molar-refractivity contribution in [2.45, 2.75) is 20.3 Å². The van der Waals surface area contributed by atoms with Gasteiger partial charge in [-0.05, 0) is 61.4 Å². The Labute approximate surface area is 154 Å².